The normalized spacial score (nSPS) is 17.9. The van der Waals surface area contributed by atoms with E-state index >= 15 is 0 Å². The molecule has 2 aromatic rings. The van der Waals surface area contributed by atoms with Crippen LogP contribution in [0.4, 0.5) is 0 Å². The number of thiazole rings is 1. The Morgan fingerprint density at radius 2 is 2.13 bits per heavy atom. The first-order valence-electron chi connectivity index (χ1n) is 8.08. The summed E-state index contributed by atoms with van der Waals surface area (Å²) >= 11 is 1.49. The number of aliphatic hydroxyl groups excluding tert-OH is 1. The lowest BCUT2D eigenvalue weighted by atomic mass is 10.0. The average molecular weight is 330 g/mol. The average Bonchev–Trinajstić information content (AvgIpc) is 3.23. The van der Waals surface area contributed by atoms with Crippen LogP contribution in [0.5, 0.6) is 0 Å². The number of likely N-dealkylation sites (tertiary alicyclic amines) is 1. The van der Waals surface area contributed by atoms with E-state index in [-0.39, 0.29) is 18.6 Å². The van der Waals surface area contributed by atoms with Crippen LogP contribution in [0.1, 0.15) is 48.7 Å². The monoisotopic (exact) mass is 330 g/mol. The fourth-order valence-electron chi connectivity index (χ4n) is 2.96. The summed E-state index contributed by atoms with van der Waals surface area (Å²) in [6.07, 6.45) is 1.82. The van der Waals surface area contributed by atoms with Crippen molar-refractivity contribution in [1.82, 2.24) is 9.88 Å². The molecule has 0 aliphatic carbocycles. The molecule has 1 aromatic carbocycles. The molecule has 2 heterocycles. The maximum atomic E-state index is 12.6. The van der Waals surface area contributed by atoms with Crippen LogP contribution in [0.2, 0.25) is 0 Å². The van der Waals surface area contributed by atoms with E-state index in [9.17, 15) is 9.90 Å². The number of rotatable bonds is 4. The lowest BCUT2D eigenvalue weighted by Gasteiger charge is -2.21. The van der Waals surface area contributed by atoms with Crippen LogP contribution in [0.3, 0.4) is 0 Å². The van der Waals surface area contributed by atoms with Gasteiger partial charge in [0.15, 0.2) is 0 Å². The topological polar surface area (TPSA) is 53.4 Å². The standard InChI is InChI=1S/C18H22N2O2S/c1-12(2)13-5-7-14(8-6-13)17-19-16(11-23-17)18(22)20-9-3-4-15(20)10-21/h5-8,11-12,15,21H,3-4,9-10H2,1-2H3/t15-/m1/s1. The van der Waals surface area contributed by atoms with Crippen LogP contribution < -0.4 is 0 Å². The maximum Gasteiger partial charge on any atom is 0.273 e. The maximum absolute atomic E-state index is 12.6. The molecule has 23 heavy (non-hydrogen) atoms. The fourth-order valence-corrected chi connectivity index (χ4v) is 3.76. The van der Waals surface area contributed by atoms with Gasteiger partial charge in [0, 0.05) is 17.5 Å². The Bertz CT molecular complexity index is 679. The zero-order valence-corrected chi connectivity index (χ0v) is 14.3. The van der Waals surface area contributed by atoms with Crippen LogP contribution in [0.25, 0.3) is 10.6 Å². The SMILES string of the molecule is CC(C)c1ccc(-c2nc(C(=O)N3CCC[C@@H]3CO)cs2)cc1. The molecule has 4 nitrogen and oxygen atoms in total. The van der Waals surface area contributed by atoms with Gasteiger partial charge in [0.05, 0.1) is 12.6 Å². The number of amides is 1. The first kappa shape index (κ1) is 16.1. The van der Waals surface area contributed by atoms with Gasteiger partial charge in [0.2, 0.25) is 0 Å². The highest BCUT2D eigenvalue weighted by Gasteiger charge is 2.30. The van der Waals surface area contributed by atoms with Crippen molar-refractivity contribution in [1.29, 1.82) is 0 Å². The van der Waals surface area contributed by atoms with Gasteiger partial charge in [-0.05, 0) is 24.3 Å². The molecule has 1 atom stereocenters. The van der Waals surface area contributed by atoms with E-state index in [1.54, 1.807) is 4.90 Å². The molecular formula is C18H22N2O2S. The zero-order chi connectivity index (χ0) is 16.4. The summed E-state index contributed by atoms with van der Waals surface area (Å²) in [6, 6.07) is 8.30. The minimum Gasteiger partial charge on any atom is -0.394 e. The highest BCUT2D eigenvalue weighted by Crippen LogP contribution is 2.27. The van der Waals surface area contributed by atoms with Crippen LogP contribution in [-0.2, 0) is 0 Å². The number of aliphatic hydroxyl groups is 1. The molecule has 1 aromatic heterocycles. The number of hydrogen-bond donors (Lipinski definition) is 1. The Hall–Kier alpha value is -1.72. The fraction of sp³-hybridized carbons (Fsp3) is 0.444. The third kappa shape index (κ3) is 3.31. The summed E-state index contributed by atoms with van der Waals surface area (Å²) in [5.41, 5.74) is 2.82. The van der Waals surface area contributed by atoms with Gasteiger partial charge in [-0.2, -0.15) is 0 Å². The zero-order valence-electron chi connectivity index (χ0n) is 13.5. The predicted molar refractivity (Wildman–Crippen MR) is 92.8 cm³/mol. The van der Waals surface area contributed by atoms with Crippen molar-refractivity contribution in [3.63, 3.8) is 0 Å². The van der Waals surface area contributed by atoms with Crippen molar-refractivity contribution < 1.29 is 9.90 Å². The second-order valence-electron chi connectivity index (χ2n) is 6.29. The van der Waals surface area contributed by atoms with Crippen LogP contribution >= 0.6 is 11.3 Å². The van der Waals surface area contributed by atoms with Gasteiger partial charge in [-0.25, -0.2) is 4.98 Å². The van der Waals surface area contributed by atoms with Crippen molar-refractivity contribution in [3.05, 3.63) is 40.9 Å². The Kier molecular flexibility index (Phi) is 4.78. The minimum absolute atomic E-state index is 0.0272. The number of carbonyl (C=O) groups is 1. The molecule has 1 N–H and O–H groups in total. The smallest absolute Gasteiger partial charge is 0.273 e. The predicted octanol–water partition coefficient (Wildman–Crippen LogP) is 3.53. The van der Waals surface area contributed by atoms with Crippen molar-refractivity contribution in [3.8, 4) is 10.6 Å². The molecule has 1 saturated heterocycles. The van der Waals surface area contributed by atoms with E-state index in [2.05, 4.69) is 43.1 Å². The van der Waals surface area contributed by atoms with Gasteiger partial charge in [-0.15, -0.1) is 11.3 Å². The van der Waals surface area contributed by atoms with Gasteiger partial charge in [0.25, 0.3) is 5.91 Å². The molecule has 1 amide bonds. The minimum atomic E-state index is -0.0668. The van der Waals surface area contributed by atoms with Gasteiger partial charge in [-0.3, -0.25) is 4.79 Å². The van der Waals surface area contributed by atoms with E-state index in [1.165, 1.54) is 16.9 Å². The molecule has 5 heteroatoms. The molecule has 0 saturated carbocycles. The Morgan fingerprint density at radius 1 is 1.39 bits per heavy atom. The van der Waals surface area contributed by atoms with E-state index < -0.39 is 0 Å². The third-order valence-electron chi connectivity index (χ3n) is 4.40. The van der Waals surface area contributed by atoms with Gasteiger partial charge >= 0.3 is 0 Å². The van der Waals surface area contributed by atoms with Gasteiger partial charge in [0.1, 0.15) is 10.7 Å². The Balaban J connectivity index is 1.78. The molecular weight excluding hydrogens is 308 g/mol. The second-order valence-corrected chi connectivity index (χ2v) is 7.15. The van der Waals surface area contributed by atoms with Crippen molar-refractivity contribution >= 4 is 17.2 Å². The van der Waals surface area contributed by atoms with E-state index in [0.29, 0.717) is 18.2 Å². The van der Waals surface area contributed by atoms with E-state index in [0.717, 1.165) is 23.4 Å². The summed E-state index contributed by atoms with van der Waals surface area (Å²) in [5.74, 6) is 0.436. The summed E-state index contributed by atoms with van der Waals surface area (Å²) in [6.45, 7) is 5.07. The Morgan fingerprint density at radius 3 is 2.78 bits per heavy atom. The lowest BCUT2D eigenvalue weighted by Crippen LogP contribution is -2.37. The molecule has 1 aliphatic heterocycles. The summed E-state index contributed by atoms with van der Waals surface area (Å²) < 4.78 is 0. The lowest BCUT2D eigenvalue weighted by molar-refractivity contribution is 0.0672. The molecule has 0 bridgehead atoms. The summed E-state index contributed by atoms with van der Waals surface area (Å²) in [5, 5.41) is 12.1. The number of carbonyl (C=O) groups excluding carboxylic acids is 1. The first-order valence-corrected chi connectivity index (χ1v) is 8.95. The van der Waals surface area contributed by atoms with Gasteiger partial charge in [-0.1, -0.05) is 38.1 Å². The van der Waals surface area contributed by atoms with Crippen molar-refractivity contribution in [2.75, 3.05) is 13.2 Å². The number of nitrogens with zero attached hydrogens (tertiary/aromatic N) is 2. The molecule has 0 radical (unpaired) electrons. The number of benzene rings is 1. The van der Waals surface area contributed by atoms with Crippen LogP contribution in [0, 0.1) is 0 Å². The number of aromatic nitrogens is 1. The van der Waals surface area contributed by atoms with Crippen LogP contribution in [-0.4, -0.2) is 40.1 Å². The molecule has 1 aliphatic rings. The molecule has 1 fully saturated rings. The van der Waals surface area contributed by atoms with Gasteiger partial charge < -0.3 is 10.0 Å². The first-order chi connectivity index (χ1) is 11.1. The Labute approximate surface area is 140 Å². The van der Waals surface area contributed by atoms with Crippen molar-refractivity contribution in [2.24, 2.45) is 0 Å². The molecule has 0 spiro atoms. The molecule has 122 valence electrons. The highest BCUT2D eigenvalue weighted by molar-refractivity contribution is 7.13. The molecule has 3 rings (SSSR count). The number of hydrogen-bond acceptors (Lipinski definition) is 4. The summed E-state index contributed by atoms with van der Waals surface area (Å²) in [4.78, 5) is 18.8. The third-order valence-corrected chi connectivity index (χ3v) is 5.29. The highest BCUT2D eigenvalue weighted by atomic mass is 32.1. The quantitative estimate of drug-likeness (QED) is 0.933. The van der Waals surface area contributed by atoms with E-state index in [4.69, 9.17) is 0 Å². The molecule has 0 unspecified atom stereocenters. The van der Waals surface area contributed by atoms with E-state index in [1.807, 2.05) is 5.38 Å². The largest absolute Gasteiger partial charge is 0.394 e. The van der Waals surface area contributed by atoms with Crippen LogP contribution in [0.15, 0.2) is 29.6 Å². The van der Waals surface area contributed by atoms with Crippen molar-refractivity contribution in [2.45, 2.75) is 38.6 Å². The summed E-state index contributed by atoms with van der Waals surface area (Å²) in [7, 11) is 0. The second kappa shape index (κ2) is 6.81.